The molecule has 0 amide bonds. The molecule has 1 aromatic heterocycles. The molecule has 2 N–H and O–H groups in total. The second kappa shape index (κ2) is 15.6. The lowest BCUT2D eigenvalue weighted by atomic mass is 10.4. The van der Waals surface area contributed by atoms with Crippen LogP contribution in [0.5, 0.6) is 0 Å². The Labute approximate surface area is 171 Å². The smallest absolute Gasteiger partial charge is 0.371 e. The monoisotopic (exact) mass is 415 g/mol. The SMILES string of the molecule is CCCC[P+](CCCC)(CCCC)CCCC.O=C(O)c1ccc(C(=O)O)o1. The van der Waals surface area contributed by atoms with Gasteiger partial charge in [0.2, 0.25) is 11.5 Å². The fraction of sp³-hybridized carbons (Fsp3) is 0.727. The number of carbonyl (C=O) groups is 2. The molecule has 6 heteroatoms. The van der Waals surface area contributed by atoms with E-state index in [0.29, 0.717) is 0 Å². The fourth-order valence-electron chi connectivity index (χ4n) is 3.21. The van der Waals surface area contributed by atoms with Crippen LogP contribution in [0.4, 0.5) is 0 Å². The Kier molecular flexibility index (Phi) is 14.8. The van der Waals surface area contributed by atoms with Crippen molar-refractivity contribution in [1.82, 2.24) is 0 Å². The normalized spacial score (nSPS) is 11.0. The van der Waals surface area contributed by atoms with Crippen LogP contribution >= 0.6 is 7.26 Å². The third-order valence-corrected chi connectivity index (χ3v) is 10.0. The summed E-state index contributed by atoms with van der Waals surface area (Å²) in [6.45, 7) is 9.42. The van der Waals surface area contributed by atoms with Crippen LogP contribution in [0.3, 0.4) is 0 Å². The summed E-state index contributed by atoms with van der Waals surface area (Å²) in [5, 5.41) is 16.6. The molecule has 0 spiro atoms. The van der Waals surface area contributed by atoms with Crippen molar-refractivity contribution in [2.45, 2.75) is 79.1 Å². The lowest BCUT2D eigenvalue weighted by Crippen LogP contribution is -2.12. The van der Waals surface area contributed by atoms with E-state index >= 15 is 0 Å². The Morgan fingerprint density at radius 2 is 1.00 bits per heavy atom. The molecular formula is C22H40O5P+. The molecule has 28 heavy (non-hydrogen) atoms. The molecule has 0 atom stereocenters. The van der Waals surface area contributed by atoms with Crippen LogP contribution in [0.25, 0.3) is 0 Å². The summed E-state index contributed by atoms with van der Waals surface area (Å²) in [4.78, 5) is 20.3. The number of hydrogen-bond acceptors (Lipinski definition) is 3. The standard InChI is InChI=1S/C16H36P.C6H4O5/c1-5-9-13-17(14-10-6-2,15-11-7-3)16-12-8-4;7-5(8)3-1-2-4(11-3)6(9)10/h5-16H2,1-4H3;1-2H,(H,7,8)(H,9,10)/q+1;. The molecule has 5 nitrogen and oxygen atoms in total. The molecule has 0 unspecified atom stereocenters. The number of unbranched alkanes of at least 4 members (excludes halogenated alkanes) is 4. The van der Waals surface area contributed by atoms with E-state index in [4.69, 9.17) is 10.2 Å². The zero-order chi connectivity index (χ0) is 21.4. The molecule has 1 heterocycles. The molecule has 1 rings (SSSR count). The van der Waals surface area contributed by atoms with Crippen molar-refractivity contribution in [2.75, 3.05) is 24.6 Å². The van der Waals surface area contributed by atoms with Crippen LogP contribution in [0.1, 0.15) is 100 Å². The van der Waals surface area contributed by atoms with Crippen LogP contribution in [-0.4, -0.2) is 46.8 Å². The molecule has 0 saturated heterocycles. The van der Waals surface area contributed by atoms with E-state index in [-0.39, 0.29) is 11.5 Å². The van der Waals surface area contributed by atoms with Crippen molar-refractivity contribution in [2.24, 2.45) is 0 Å². The predicted molar refractivity (Wildman–Crippen MR) is 119 cm³/mol. The number of aromatic carboxylic acids is 2. The largest absolute Gasteiger partial charge is 0.475 e. The topological polar surface area (TPSA) is 87.7 Å². The van der Waals surface area contributed by atoms with Gasteiger partial charge in [-0.25, -0.2) is 9.59 Å². The summed E-state index contributed by atoms with van der Waals surface area (Å²) in [5.41, 5.74) is 0. The maximum atomic E-state index is 10.2. The number of furan rings is 1. The Morgan fingerprint density at radius 3 is 1.18 bits per heavy atom. The first-order chi connectivity index (χ1) is 13.4. The Morgan fingerprint density at radius 1 is 0.714 bits per heavy atom. The van der Waals surface area contributed by atoms with Gasteiger partial charge in [0, 0.05) is 7.26 Å². The molecule has 0 aliphatic rings. The van der Waals surface area contributed by atoms with Gasteiger partial charge in [-0.05, 0) is 37.8 Å². The molecular weight excluding hydrogens is 375 g/mol. The molecule has 1 aromatic rings. The van der Waals surface area contributed by atoms with Gasteiger partial charge in [0.15, 0.2) is 0 Å². The molecule has 0 aromatic carbocycles. The lowest BCUT2D eigenvalue weighted by Gasteiger charge is -2.28. The van der Waals surface area contributed by atoms with Crippen LogP contribution < -0.4 is 0 Å². The van der Waals surface area contributed by atoms with E-state index in [1.165, 1.54) is 51.4 Å². The summed E-state index contributed by atoms with van der Waals surface area (Å²) in [6, 6.07) is 2.18. The van der Waals surface area contributed by atoms with Crippen LogP contribution in [0, 0.1) is 0 Å². The van der Waals surface area contributed by atoms with Crippen molar-refractivity contribution in [3.8, 4) is 0 Å². The third kappa shape index (κ3) is 10.8. The average molecular weight is 416 g/mol. The lowest BCUT2D eigenvalue weighted by molar-refractivity contribution is 0.0631. The number of carboxylic acid groups (broad SMARTS) is 2. The Balaban J connectivity index is 0.000000567. The second-order valence-electron chi connectivity index (χ2n) is 7.42. The fourth-order valence-corrected chi connectivity index (χ4v) is 8.50. The zero-order valence-electron chi connectivity index (χ0n) is 18.2. The number of hydrogen-bond donors (Lipinski definition) is 2. The minimum atomic E-state index is -1.28. The van der Waals surface area contributed by atoms with E-state index in [1.54, 1.807) is 24.6 Å². The minimum absolute atomic E-state index is 0.373. The van der Waals surface area contributed by atoms with Gasteiger partial charge < -0.3 is 14.6 Å². The molecule has 0 bridgehead atoms. The maximum Gasteiger partial charge on any atom is 0.371 e. The number of carboxylic acids is 2. The summed E-state index contributed by atoms with van der Waals surface area (Å²) in [6.07, 6.45) is 17.9. The quantitative estimate of drug-likeness (QED) is 0.323. The van der Waals surface area contributed by atoms with Crippen molar-refractivity contribution in [3.63, 3.8) is 0 Å². The summed E-state index contributed by atoms with van der Waals surface area (Å²) < 4.78 is 4.41. The third-order valence-electron chi connectivity index (χ3n) is 4.97. The van der Waals surface area contributed by atoms with E-state index < -0.39 is 19.2 Å². The highest BCUT2D eigenvalue weighted by atomic mass is 31.2. The van der Waals surface area contributed by atoms with E-state index in [9.17, 15) is 9.59 Å². The molecule has 162 valence electrons. The molecule has 0 aliphatic heterocycles. The first-order valence-electron chi connectivity index (χ1n) is 10.8. The van der Waals surface area contributed by atoms with Crippen molar-refractivity contribution < 1.29 is 24.2 Å². The van der Waals surface area contributed by atoms with E-state index in [0.717, 1.165) is 12.1 Å². The summed E-state index contributed by atoms with van der Waals surface area (Å²) in [7, 11) is -0.562. The van der Waals surface area contributed by atoms with Gasteiger partial charge >= 0.3 is 11.9 Å². The average Bonchev–Trinajstić information content (AvgIpc) is 3.18. The first kappa shape index (κ1) is 26.6. The van der Waals surface area contributed by atoms with Crippen LogP contribution in [0.2, 0.25) is 0 Å². The Bertz CT molecular complexity index is 487. The van der Waals surface area contributed by atoms with Gasteiger partial charge in [0.05, 0.1) is 24.6 Å². The molecule has 0 saturated carbocycles. The minimum Gasteiger partial charge on any atom is -0.475 e. The van der Waals surface area contributed by atoms with Gasteiger partial charge in [0.1, 0.15) is 0 Å². The molecule has 0 fully saturated rings. The van der Waals surface area contributed by atoms with Gasteiger partial charge in [-0.15, -0.1) is 0 Å². The zero-order valence-corrected chi connectivity index (χ0v) is 19.1. The highest BCUT2D eigenvalue weighted by molar-refractivity contribution is 7.75. The Hall–Kier alpha value is -1.35. The van der Waals surface area contributed by atoms with Gasteiger partial charge in [-0.3, -0.25) is 0 Å². The molecule has 0 aliphatic carbocycles. The van der Waals surface area contributed by atoms with Gasteiger partial charge in [-0.1, -0.05) is 53.4 Å². The van der Waals surface area contributed by atoms with E-state index in [2.05, 4.69) is 32.1 Å². The highest BCUT2D eigenvalue weighted by Gasteiger charge is 2.34. The van der Waals surface area contributed by atoms with Crippen molar-refractivity contribution in [3.05, 3.63) is 23.7 Å². The van der Waals surface area contributed by atoms with Crippen molar-refractivity contribution in [1.29, 1.82) is 0 Å². The summed E-state index contributed by atoms with van der Waals surface area (Å²) >= 11 is 0. The van der Waals surface area contributed by atoms with Gasteiger partial charge in [0.25, 0.3) is 0 Å². The van der Waals surface area contributed by atoms with Crippen LogP contribution in [0.15, 0.2) is 16.5 Å². The van der Waals surface area contributed by atoms with Crippen molar-refractivity contribution >= 4 is 19.2 Å². The second-order valence-corrected chi connectivity index (χ2v) is 11.9. The summed E-state index contributed by atoms with van der Waals surface area (Å²) in [5.74, 6) is -3.31. The molecule has 0 radical (unpaired) electrons. The van der Waals surface area contributed by atoms with Gasteiger partial charge in [-0.2, -0.15) is 0 Å². The predicted octanol–water partition coefficient (Wildman–Crippen LogP) is 6.88. The maximum absolute atomic E-state index is 10.2. The van der Waals surface area contributed by atoms with Crippen LogP contribution in [-0.2, 0) is 0 Å². The highest BCUT2D eigenvalue weighted by Crippen LogP contribution is 2.61. The number of rotatable bonds is 14. The van der Waals surface area contributed by atoms with E-state index in [1.807, 2.05) is 0 Å². The first-order valence-corrected chi connectivity index (χ1v) is 13.3.